The predicted molar refractivity (Wildman–Crippen MR) is 97.9 cm³/mol. The van der Waals surface area contributed by atoms with Crippen LogP contribution in [0.5, 0.6) is 0 Å². The number of hydrogen-bond donors (Lipinski definition) is 2. The summed E-state index contributed by atoms with van der Waals surface area (Å²) >= 11 is 1.15. The van der Waals surface area contributed by atoms with Gasteiger partial charge in [0.15, 0.2) is 5.16 Å². The number of nitrogens with one attached hydrogen (secondary N) is 1. The Labute approximate surface area is 154 Å². The minimum absolute atomic E-state index is 0.0290. The molecule has 2 amide bonds. The summed E-state index contributed by atoms with van der Waals surface area (Å²) in [5, 5.41) is 3.41. The zero-order valence-electron chi connectivity index (χ0n) is 14.1. The lowest BCUT2D eigenvalue weighted by atomic mass is 10.2. The van der Waals surface area contributed by atoms with Gasteiger partial charge in [-0.05, 0) is 25.0 Å². The molecule has 2 aromatic rings. The Morgan fingerprint density at radius 3 is 2.92 bits per heavy atom. The van der Waals surface area contributed by atoms with E-state index in [1.807, 2.05) is 6.07 Å². The summed E-state index contributed by atoms with van der Waals surface area (Å²) < 4.78 is 7.22. The summed E-state index contributed by atoms with van der Waals surface area (Å²) in [5.41, 5.74) is 5.45. The molecule has 0 radical (unpaired) electrons. The van der Waals surface area contributed by atoms with Gasteiger partial charge in [-0.3, -0.25) is 19.0 Å². The normalized spacial score (nSPS) is 16.7. The summed E-state index contributed by atoms with van der Waals surface area (Å²) in [6.45, 7) is 0.883. The Balaban J connectivity index is 1.85. The molecule has 2 heterocycles. The van der Waals surface area contributed by atoms with Crippen molar-refractivity contribution in [1.82, 2.24) is 14.9 Å². The Kier molecular flexibility index (Phi) is 5.89. The van der Waals surface area contributed by atoms with Crippen molar-refractivity contribution in [3.63, 3.8) is 0 Å². The molecule has 3 rings (SSSR count). The van der Waals surface area contributed by atoms with Crippen LogP contribution < -0.4 is 16.6 Å². The molecule has 1 atom stereocenters. The highest BCUT2D eigenvalue weighted by Gasteiger charge is 2.20. The van der Waals surface area contributed by atoms with E-state index in [1.54, 1.807) is 22.8 Å². The number of hydrogen-bond acceptors (Lipinski definition) is 6. The number of amides is 2. The maximum Gasteiger partial charge on any atom is 0.262 e. The number of rotatable bonds is 7. The van der Waals surface area contributed by atoms with Crippen molar-refractivity contribution in [2.75, 3.05) is 18.9 Å². The number of nitrogens with zero attached hydrogens (tertiary/aromatic N) is 2. The van der Waals surface area contributed by atoms with Crippen molar-refractivity contribution in [1.29, 1.82) is 0 Å². The summed E-state index contributed by atoms with van der Waals surface area (Å²) in [7, 11) is 0. The molecule has 0 saturated carbocycles. The summed E-state index contributed by atoms with van der Waals surface area (Å²) in [6.07, 6.45) is 1.83. The average Bonchev–Trinajstić information content (AvgIpc) is 3.14. The van der Waals surface area contributed by atoms with E-state index in [1.165, 1.54) is 0 Å². The molecule has 1 aliphatic heterocycles. The van der Waals surface area contributed by atoms with E-state index in [9.17, 15) is 14.4 Å². The maximum absolute atomic E-state index is 12.9. The molecule has 138 valence electrons. The Bertz CT molecular complexity index is 877. The van der Waals surface area contributed by atoms with E-state index in [0.717, 1.165) is 24.6 Å². The van der Waals surface area contributed by atoms with Crippen LogP contribution in [0.4, 0.5) is 0 Å². The van der Waals surface area contributed by atoms with Crippen LogP contribution in [-0.2, 0) is 20.9 Å². The molecule has 1 fully saturated rings. The predicted octanol–water partition coefficient (Wildman–Crippen LogP) is 0.269. The fraction of sp³-hybridized carbons (Fsp3) is 0.412. The number of primary amides is 1. The van der Waals surface area contributed by atoms with E-state index in [2.05, 4.69) is 10.3 Å². The van der Waals surface area contributed by atoms with E-state index in [0.29, 0.717) is 29.2 Å². The third-order valence-corrected chi connectivity index (χ3v) is 5.01. The Morgan fingerprint density at radius 1 is 1.38 bits per heavy atom. The molecule has 1 aliphatic rings. The van der Waals surface area contributed by atoms with Gasteiger partial charge in [-0.1, -0.05) is 23.9 Å². The molecular weight excluding hydrogens is 356 g/mol. The van der Waals surface area contributed by atoms with Gasteiger partial charge in [-0.25, -0.2) is 4.98 Å². The molecule has 0 spiro atoms. The second kappa shape index (κ2) is 8.33. The van der Waals surface area contributed by atoms with Crippen molar-refractivity contribution in [3.8, 4) is 0 Å². The minimum atomic E-state index is -0.609. The largest absolute Gasteiger partial charge is 0.376 e. The quantitative estimate of drug-likeness (QED) is 0.529. The fourth-order valence-electron chi connectivity index (χ4n) is 2.78. The zero-order chi connectivity index (χ0) is 18.5. The highest BCUT2D eigenvalue weighted by Crippen LogP contribution is 2.20. The standard InChI is InChI=1S/C17H20N4O4S/c18-14(22)8-19-15(23)10-26-17-20-13-6-2-1-5-12(13)16(24)21(17)9-11-4-3-7-25-11/h1-2,5-6,11H,3-4,7-10H2,(H2,18,22)(H,19,23)/t11-/m0/s1. The second-order valence-electron chi connectivity index (χ2n) is 5.99. The molecule has 3 N–H and O–H groups in total. The van der Waals surface area contributed by atoms with E-state index >= 15 is 0 Å². The first kappa shape index (κ1) is 18.4. The number of para-hydroxylation sites is 1. The van der Waals surface area contributed by atoms with Gasteiger partial charge in [0, 0.05) is 6.61 Å². The summed E-state index contributed by atoms with van der Waals surface area (Å²) in [6, 6.07) is 7.12. The summed E-state index contributed by atoms with van der Waals surface area (Å²) in [5.74, 6) is -0.925. The molecule has 0 aliphatic carbocycles. The van der Waals surface area contributed by atoms with Crippen LogP contribution in [0.1, 0.15) is 12.8 Å². The number of carbonyl (C=O) groups is 2. The number of aromatic nitrogens is 2. The van der Waals surface area contributed by atoms with Crippen LogP contribution in [0.2, 0.25) is 0 Å². The number of carbonyl (C=O) groups excluding carboxylic acids is 2. The van der Waals surface area contributed by atoms with Gasteiger partial charge >= 0.3 is 0 Å². The third-order valence-electron chi connectivity index (χ3n) is 4.03. The first-order chi connectivity index (χ1) is 12.5. The van der Waals surface area contributed by atoms with Gasteiger partial charge in [0.25, 0.3) is 5.56 Å². The number of nitrogens with two attached hydrogens (primary N) is 1. The first-order valence-electron chi connectivity index (χ1n) is 8.33. The molecule has 0 unspecified atom stereocenters. The zero-order valence-corrected chi connectivity index (χ0v) is 15.0. The maximum atomic E-state index is 12.9. The van der Waals surface area contributed by atoms with Crippen molar-refractivity contribution >= 4 is 34.5 Å². The number of thioether (sulfide) groups is 1. The third kappa shape index (κ3) is 4.41. The van der Waals surface area contributed by atoms with Crippen molar-refractivity contribution in [2.45, 2.75) is 30.6 Å². The molecule has 1 aromatic carbocycles. The van der Waals surface area contributed by atoms with Crippen molar-refractivity contribution in [3.05, 3.63) is 34.6 Å². The highest BCUT2D eigenvalue weighted by atomic mass is 32.2. The SMILES string of the molecule is NC(=O)CNC(=O)CSc1nc2ccccc2c(=O)n1C[C@@H]1CCCO1. The van der Waals surface area contributed by atoms with Gasteiger partial charge in [0.1, 0.15) is 0 Å². The van der Waals surface area contributed by atoms with Crippen LogP contribution in [0.15, 0.2) is 34.2 Å². The number of fused-ring (bicyclic) bond motifs is 1. The van der Waals surface area contributed by atoms with Crippen LogP contribution in [-0.4, -0.2) is 46.4 Å². The Hall–Kier alpha value is -2.39. The average molecular weight is 376 g/mol. The first-order valence-corrected chi connectivity index (χ1v) is 9.32. The number of ether oxygens (including phenoxy) is 1. The lowest BCUT2D eigenvalue weighted by Gasteiger charge is -2.16. The molecule has 1 saturated heterocycles. The molecule has 0 bridgehead atoms. The molecule has 8 nitrogen and oxygen atoms in total. The van der Waals surface area contributed by atoms with E-state index in [4.69, 9.17) is 10.5 Å². The van der Waals surface area contributed by atoms with Gasteiger partial charge in [-0.2, -0.15) is 0 Å². The smallest absolute Gasteiger partial charge is 0.262 e. The monoisotopic (exact) mass is 376 g/mol. The second-order valence-corrected chi connectivity index (χ2v) is 6.94. The van der Waals surface area contributed by atoms with E-state index < -0.39 is 5.91 Å². The van der Waals surface area contributed by atoms with Crippen LogP contribution in [0, 0.1) is 0 Å². The fourth-order valence-corrected chi connectivity index (χ4v) is 3.62. The molecular formula is C17H20N4O4S. The Morgan fingerprint density at radius 2 is 2.19 bits per heavy atom. The lowest BCUT2D eigenvalue weighted by Crippen LogP contribution is -2.34. The van der Waals surface area contributed by atoms with Gasteiger partial charge < -0.3 is 15.8 Å². The topological polar surface area (TPSA) is 116 Å². The van der Waals surface area contributed by atoms with Gasteiger partial charge in [0.05, 0.1) is 35.8 Å². The molecule has 26 heavy (non-hydrogen) atoms. The van der Waals surface area contributed by atoms with Gasteiger partial charge in [0.2, 0.25) is 11.8 Å². The van der Waals surface area contributed by atoms with Crippen molar-refractivity contribution < 1.29 is 14.3 Å². The van der Waals surface area contributed by atoms with Crippen LogP contribution in [0.3, 0.4) is 0 Å². The molecule has 1 aromatic heterocycles. The lowest BCUT2D eigenvalue weighted by molar-refractivity contribution is -0.123. The van der Waals surface area contributed by atoms with Gasteiger partial charge in [-0.15, -0.1) is 0 Å². The van der Waals surface area contributed by atoms with E-state index in [-0.39, 0.29) is 29.9 Å². The molecule has 9 heteroatoms. The number of benzene rings is 1. The van der Waals surface area contributed by atoms with Crippen molar-refractivity contribution in [2.24, 2.45) is 5.73 Å². The minimum Gasteiger partial charge on any atom is -0.376 e. The highest BCUT2D eigenvalue weighted by molar-refractivity contribution is 7.99. The van der Waals surface area contributed by atoms with Crippen LogP contribution in [0.25, 0.3) is 10.9 Å². The van der Waals surface area contributed by atoms with Crippen LogP contribution >= 0.6 is 11.8 Å². The summed E-state index contributed by atoms with van der Waals surface area (Å²) in [4.78, 5) is 40.0.